The number of fused-ring (bicyclic) bond motifs is 2. The highest BCUT2D eigenvalue weighted by Gasteiger charge is 2.45. The second-order valence-corrected chi connectivity index (χ2v) is 11.1. The second-order valence-electron chi connectivity index (χ2n) is 9.84. The molecule has 1 spiro atoms. The van der Waals surface area contributed by atoms with Crippen molar-refractivity contribution in [1.82, 2.24) is 10.2 Å². The minimum absolute atomic E-state index is 0.0508. The van der Waals surface area contributed by atoms with Gasteiger partial charge < -0.3 is 19.7 Å². The number of hydrogen-bond donors (Lipinski definition) is 1. The van der Waals surface area contributed by atoms with Gasteiger partial charge in [0.05, 0.1) is 12.2 Å². The lowest BCUT2D eigenvalue weighted by Crippen LogP contribution is -2.54. The van der Waals surface area contributed by atoms with Crippen LogP contribution in [0.5, 0.6) is 0 Å². The van der Waals surface area contributed by atoms with Gasteiger partial charge in [-0.1, -0.05) is 6.92 Å². The van der Waals surface area contributed by atoms with Crippen LogP contribution in [0.4, 0.5) is 0 Å². The molecule has 0 aromatic carbocycles. The number of carbonyl (C=O) groups excluding carboxylic acids is 1. The lowest BCUT2D eigenvalue weighted by molar-refractivity contribution is -0.132. The Morgan fingerprint density at radius 1 is 1.37 bits per heavy atom. The van der Waals surface area contributed by atoms with E-state index in [1.165, 1.54) is 10.4 Å². The van der Waals surface area contributed by atoms with Crippen LogP contribution in [0.2, 0.25) is 0 Å². The summed E-state index contributed by atoms with van der Waals surface area (Å²) < 4.78 is 12.0. The molecule has 30 heavy (non-hydrogen) atoms. The van der Waals surface area contributed by atoms with E-state index in [1.807, 2.05) is 11.3 Å². The summed E-state index contributed by atoms with van der Waals surface area (Å²) in [5, 5.41) is 3.20. The van der Waals surface area contributed by atoms with Crippen LogP contribution in [0.25, 0.3) is 0 Å². The van der Waals surface area contributed by atoms with E-state index in [-0.39, 0.29) is 17.6 Å². The fourth-order valence-electron chi connectivity index (χ4n) is 5.96. The van der Waals surface area contributed by atoms with Crippen molar-refractivity contribution in [2.75, 3.05) is 26.3 Å². The number of rotatable bonds is 5. The van der Waals surface area contributed by atoms with E-state index >= 15 is 0 Å². The normalized spacial score (nSPS) is 36.5. The molecule has 2 saturated heterocycles. The molecule has 3 fully saturated rings. The number of nitrogens with one attached hydrogen (secondary N) is 1. The zero-order valence-corrected chi connectivity index (χ0v) is 19.3. The molecule has 0 unspecified atom stereocenters. The molecular weight excluding hydrogens is 396 g/mol. The van der Waals surface area contributed by atoms with Gasteiger partial charge in [0.15, 0.2) is 0 Å². The Labute approximate surface area is 184 Å². The Kier molecular flexibility index (Phi) is 5.95. The molecule has 1 N–H and O–H groups in total. The summed E-state index contributed by atoms with van der Waals surface area (Å²) in [5.74, 6) is 0.809. The number of aryl methyl sites for hydroxylation is 1. The molecule has 5 rings (SSSR count). The average molecular weight is 433 g/mol. The third kappa shape index (κ3) is 3.96. The predicted octanol–water partition coefficient (Wildman–Crippen LogP) is 3.64. The maximum Gasteiger partial charge on any atom is 0.249 e. The number of hydrogen-bond acceptors (Lipinski definition) is 5. The maximum atomic E-state index is 12.2. The predicted molar refractivity (Wildman–Crippen MR) is 119 cm³/mol. The van der Waals surface area contributed by atoms with Crippen LogP contribution in [0.15, 0.2) is 6.07 Å². The van der Waals surface area contributed by atoms with E-state index in [0.29, 0.717) is 18.0 Å². The largest absolute Gasteiger partial charge is 0.370 e. The fourth-order valence-corrected chi connectivity index (χ4v) is 7.14. The molecule has 6 heteroatoms. The summed E-state index contributed by atoms with van der Waals surface area (Å²) in [5.41, 5.74) is 1.45. The van der Waals surface area contributed by atoms with Crippen LogP contribution >= 0.6 is 11.3 Å². The van der Waals surface area contributed by atoms with Crippen molar-refractivity contribution in [3.05, 3.63) is 21.4 Å². The lowest BCUT2D eigenvalue weighted by Gasteiger charge is -2.49. The first-order chi connectivity index (χ1) is 14.6. The summed E-state index contributed by atoms with van der Waals surface area (Å²) in [6.45, 7) is 8.50. The lowest BCUT2D eigenvalue weighted by atomic mass is 9.76. The summed E-state index contributed by atoms with van der Waals surface area (Å²) >= 11 is 2.01. The van der Waals surface area contributed by atoms with Crippen LogP contribution in [0, 0.1) is 5.92 Å². The first-order valence-electron chi connectivity index (χ1n) is 12.0. The Balaban J connectivity index is 1.13. The number of ether oxygens (including phenoxy) is 2. The fraction of sp³-hybridized carbons (Fsp3) is 0.792. The molecule has 0 radical (unpaired) electrons. The van der Waals surface area contributed by atoms with Gasteiger partial charge in [-0.05, 0) is 69.4 Å². The quantitative estimate of drug-likeness (QED) is 0.772. The topological polar surface area (TPSA) is 50.8 Å². The minimum Gasteiger partial charge on any atom is -0.370 e. The van der Waals surface area contributed by atoms with Gasteiger partial charge in [0, 0.05) is 48.0 Å². The van der Waals surface area contributed by atoms with Gasteiger partial charge in [0.2, 0.25) is 5.91 Å². The van der Waals surface area contributed by atoms with Gasteiger partial charge in [0.1, 0.15) is 6.10 Å². The Morgan fingerprint density at radius 3 is 2.97 bits per heavy atom. The first kappa shape index (κ1) is 20.9. The standard InChI is InChI=1S/C24H36N2O3S/c1-3-19-13-20-22(30-19)6-10-29-24(20)7-8-26(16(2)14-24)15-17-11-18(12-17)25-23(27)21-5-4-9-28-21/h13,16-18,21H,3-12,14-15H2,1-2H3,(H,25,27)/t16-,17-,18+,21-,24+/m0/s1. The second kappa shape index (κ2) is 8.53. The van der Waals surface area contributed by atoms with E-state index in [0.717, 1.165) is 77.7 Å². The molecule has 1 saturated carbocycles. The minimum atomic E-state index is -0.201. The molecule has 1 amide bonds. The smallest absolute Gasteiger partial charge is 0.249 e. The molecule has 4 heterocycles. The number of thiophene rings is 1. The van der Waals surface area contributed by atoms with Crippen molar-refractivity contribution in [3.63, 3.8) is 0 Å². The Hall–Kier alpha value is -0.950. The average Bonchev–Trinajstić information content (AvgIpc) is 3.38. The Morgan fingerprint density at radius 2 is 2.23 bits per heavy atom. The van der Waals surface area contributed by atoms with Gasteiger partial charge in [-0.15, -0.1) is 11.3 Å². The summed E-state index contributed by atoms with van der Waals surface area (Å²) in [6.07, 6.45) is 8.33. The number of likely N-dealkylation sites (tertiary alicyclic amines) is 1. The third-order valence-corrected chi connectivity index (χ3v) is 9.09. The van der Waals surface area contributed by atoms with Crippen LogP contribution < -0.4 is 5.32 Å². The number of carbonyl (C=O) groups is 1. The molecule has 1 aliphatic carbocycles. The monoisotopic (exact) mass is 432 g/mol. The van der Waals surface area contributed by atoms with Crippen molar-refractivity contribution in [3.8, 4) is 0 Å². The molecule has 0 bridgehead atoms. The van der Waals surface area contributed by atoms with Crippen molar-refractivity contribution >= 4 is 17.2 Å². The molecule has 1 aromatic rings. The van der Waals surface area contributed by atoms with Crippen molar-refractivity contribution < 1.29 is 14.3 Å². The van der Waals surface area contributed by atoms with E-state index in [4.69, 9.17) is 9.47 Å². The number of piperidine rings is 1. The number of amides is 1. The summed E-state index contributed by atoms with van der Waals surface area (Å²) in [6, 6.07) is 3.32. The van der Waals surface area contributed by atoms with Gasteiger partial charge in [-0.25, -0.2) is 0 Å². The zero-order chi connectivity index (χ0) is 20.7. The van der Waals surface area contributed by atoms with Crippen molar-refractivity contribution in [1.29, 1.82) is 0 Å². The van der Waals surface area contributed by atoms with Gasteiger partial charge >= 0.3 is 0 Å². The van der Waals surface area contributed by atoms with E-state index < -0.39 is 0 Å². The van der Waals surface area contributed by atoms with Crippen molar-refractivity contribution in [2.45, 2.75) is 89.0 Å². The molecular formula is C24H36N2O3S. The zero-order valence-electron chi connectivity index (χ0n) is 18.5. The van der Waals surface area contributed by atoms with Crippen molar-refractivity contribution in [2.24, 2.45) is 5.92 Å². The number of nitrogens with zero attached hydrogens (tertiary/aromatic N) is 1. The van der Waals surface area contributed by atoms with E-state index in [9.17, 15) is 4.79 Å². The van der Waals surface area contributed by atoms with Gasteiger partial charge in [0.25, 0.3) is 0 Å². The third-order valence-electron chi connectivity index (χ3n) is 7.76. The molecule has 1 aromatic heterocycles. The van der Waals surface area contributed by atoms with E-state index in [1.54, 1.807) is 4.88 Å². The SMILES string of the molecule is CCc1cc2c(s1)CCO[C@@]21CCN(C[C@H]2C[C@@H](NC(=O)[C@@H]3CCCO3)C2)[C@@H](C)C1. The molecule has 3 atom stereocenters. The molecule has 3 aliphatic heterocycles. The highest BCUT2D eigenvalue weighted by Crippen LogP contribution is 2.46. The highest BCUT2D eigenvalue weighted by atomic mass is 32.1. The maximum absolute atomic E-state index is 12.2. The van der Waals surface area contributed by atoms with Crippen LogP contribution in [0.3, 0.4) is 0 Å². The molecule has 166 valence electrons. The van der Waals surface area contributed by atoms with Crippen LogP contribution in [0.1, 0.15) is 67.7 Å². The summed E-state index contributed by atoms with van der Waals surface area (Å²) in [7, 11) is 0. The van der Waals surface area contributed by atoms with Gasteiger partial charge in [-0.2, -0.15) is 0 Å². The first-order valence-corrected chi connectivity index (χ1v) is 12.8. The molecule has 4 aliphatic rings. The molecule has 5 nitrogen and oxygen atoms in total. The van der Waals surface area contributed by atoms with E-state index in [2.05, 4.69) is 30.1 Å². The van der Waals surface area contributed by atoms with Crippen LogP contribution in [-0.4, -0.2) is 55.3 Å². The Bertz CT molecular complexity index is 769. The highest BCUT2D eigenvalue weighted by molar-refractivity contribution is 7.12. The van der Waals surface area contributed by atoms with Crippen LogP contribution in [-0.2, 0) is 32.7 Å². The van der Waals surface area contributed by atoms with Gasteiger partial charge in [-0.3, -0.25) is 4.79 Å². The summed E-state index contributed by atoms with van der Waals surface area (Å²) in [4.78, 5) is 18.0.